The van der Waals surface area contributed by atoms with E-state index < -0.39 is 17.7 Å². The van der Waals surface area contributed by atoms with E-state index in [1.165, 1.54) is 17.9 Å². The van der Waals surface area contributed by atoms with E-state index >= 15 is 0 Å². The summed E-state index contributed by atoms with van der Waals surface area (Å²) in [5.74, 6) is 0.434. The molecule has 0 aliphatic rings. The highest BCUT2D eigenvalue weighted by molar-refractivity contribution is 6.34. The monoisotopic (exact) mass is 607 g/mol. The molecule has 0 spiro atoms. The third-order valence-electron chi connectivity index (χ3n) is 6.42. The first-order chi connectivity index (χ1) is 20.5. The van der Waals surface area contributed by atoms with Gasteiger partial charge in [-0.25, -0.2) is 9.59 Å². The van der Waals surface area contributed by atoms with Crippen LogP contribution in [0.1, 0.15) is 49.5 Å². The van der Waals surface area contributed by atoms with Gasteiger partial charge in [0.2, 0.25) is 0 Å². The van der Waals surface area contributed by atoms with Crippen LogP contribution in [0.15, 0.2) is 66.9 Å². The summed E-state index contributed by atoms with van der Waals surface area (Å²) in [4.78, 5) is 37.7. The van der Waals surface area contributed by atoms with Gasteiger partial charge in [0.15, 0.2) is 0 Å². The summed E-state index contributed by atoms with van der Waals surface area (Å²) >= 11 is 6.72. The van der Waals surface area contributed by atoms with Crippen LogP contribution in [0.3, 0.4) is 0 Å². The number of aromatic nitrogens is 1. The smallest absolute Gasteiger partial charge is 0.419 e. The Kier molecular flexibility index (Phi) is 9.98. The Morgan fingerprint density at radius 2 is 1.58 bits per heavy atom. The average Bonchev–Trinajstić information content (AvgIpc) is 3.35. The van der Waals surface area contributed by atoms with E-state index in [1.807, 2.05) is 12.1 Å². The molecule has 0 saturated heterocycles. The highest BCUT2D eigenvalue weighted by atomic mass is 35.5. The molecule has 10 heteroatoms. The zero-order valence-electron chi connectivity index (χ0n) is 24.8. The minimum absolute atomic E-state index is 0.0312. The number of hydrogen-bond donors (Lipinski definition) is 0. The standard InChI is InChI=1S/C33H34ClNO8/c1-33(2,3)43-32(38)35-19-27(31(37)42-20-21-8-12-23(39-4)13-9-21)26-17-25(28(34)18-29(26)35)22-10-14-24(15-11-22)41-16-6-7-30(36)40-5/h8-15,17-19H,6-7,16,20H2,1-5H3. The van der Waals surface area contributed by atoms with Crippen molar-refractivity contribution in [1.82, 2.24) is 4.57 Å². The Morgan fingerprint density at radius 3 is 2.21 bits per heavy atom. The molecule has 0 aliphatic heterocycles. The van der Waals surface area contributed by atoms with Gasteiger partial charge in [-0.3, -0.25) is 9.36 Å². The van der Waals surface area contributed by atoms with Crippen LogP contribution in [0.25, 0.3) is 22.0 Å². The number of ether oxygens (including phenoxy) is 5. The molecular formula is C33H34ClNO8. The number of hydrogen-bond acceptors (Lipinski definition) is 8. The zero-order valence-corrected chi connectivity index (χ0v) is 25.5. The van der Waals surface area contributed by atoms with Crippen molar-refractivity contribution in [2.24, 2.45) is 0 Å². The number of halogens is 1. The molecule has 0 radical (unpaired) electrons. The summed E-state index contributed by atoms with van der Waals surface area (Å²) in [6.07, 6.45) is 1.57. The van der Waals surface area contributed by atoms with Gasteiger partial charge in [-0.15, -0.1) is 0 Å². The van der Waals surface area contributed by atoms with E-state index in [0.29, 0.717) is 46.0 Å². The minimum atomic E-state index is -0.754. The second-order valence-electron chi connectivity index (χ2n) is 10.7. The van der Waals surface area contributed by atoms with Crippen LogP contribution < -0.4 is 9.47 Å². The lowest BCUT2D eigenvalue weighted by atomic mass is 10.0. The molecule has 3 aromatic carbocycles. The van der Waals surface area contributed by atoms with E-state index in [4.69, 9.17) is 30.5 Å². The molecule has 43 heavy (non-hydrogen) atoms. The molecule has 0 saturated carbocycles. The van der Waals surface area contributed by atoms with Crippen LogP contribution in [0.4, 0.5) is 4.79 Å². The lowest BCUT2D eigenvalue weighted by Crippen LogP contribution is -2.26. The molecule has 0 amide bonds. The predicted octanol–water partition coefficient (Wildman–Crippen LogP) is 7.44. The summed E-state index contributed by atoms with van der Waals surface area (Å²) < 4.78 is 28.0. The zero-order chi connectivity index (χ0) is 31.1. The number of nitrogens with zero attached hydrogens (tertiary/aromatic N) is 1. The van der Waals surface area contributed by atoms with E-state index in [0.717, 1.165) is 11.1 Å². The fourth-order valence-electron chi connectivity index (χ4n) is 4.28. The van der Waals surface area contributed by atoms with Gasteiger partial charge in [0, 0.05) is 23.6 Å². The first-order valence-electron chi connectivity index (χ1n) is 13.7. The van der Waals surface area contributed by atoms with Crippen LogP contribution in [-0.4, -0.2) is 49.0 Å². The van der Waals surface area contributed by atoms with Crippen molar-refractivity contribution in [1.29, 1.82) is 0 Å². The van der Waals surface area contributed by atoms with Crippen LogP contribution in [0.2, 0.25) is 5.02 Å². The van der Waals surface area contributed by atoms with Crippen molar-refractivity contribution in [2.75, 3.05) is 20.8 Å². The van der Waals surface area contributed by atoms with Gasteiger partial charge in [0.25, 0.3) is 0 Å². The van der Waals surface area contributed by atoms with Gasteiger partial charge < -0.3 is 23.7 Å². The lowest BCUT2D eigenvalue weighted by Gasteiger charge is -2.19. The summed E-state index contributed by atoms with van der Waals surface area (Å²) in [6.45, 7) is 5.68. The van der Waals surface area contributed by atoms with Crippen LogP contribution in [0.5, 0.6) is 11.5 Å². The Balaban J connectivity index is 1.63. The molecule has 0 unspecified atom stereocenters. The Bertz CT molecular complexity index is 1600. The van der Waals surface area contributed by atoms with E-state index in [9.17, 15) is 14.4 Å². The molecule has 0 aliphatic carbocycles. The first kappa shape index (κ1) is 31.4. The second kappa shape index (κ2) is 13.6. The summed E-state index contributed by atoms with van der Waals surface area (Å²) in [7, 11) is 2.93. The van der Waals surface area contributed by atoms with Gasteiger partial charge in [-0.1, -0.05) is 35.9 Å². The van der Waals surface area contributed by atoms with Crippen molar-refractivity contribution in [3.05, 3.63) is 83.0 Å². The maximum atomic E-state index is 13.3. The molecule has 0 N–H and O–H groups in total. The molecule has 4 aromatic rings. The highest BCUT2D eigenvalue weighted by Gasteiger charge is 2.25. The second-order valence-corrected chi connectivity index (χ2v) is 11.1. The molecule has 1 aromatic heterocycles. The fraction of sp³-hybridized carbons (Fsp3) is 0.303. The fourth-order valence-corrected chi connectivity index (χ4v) is 4.55. The maximum Gasteiger partial charge on any atom is 0.419 e. The minimum Gasteiger partial charge on any atom is -0.497 e. The van der Waals surface area contributed by atoms with Crippen molar-refractivity contribution < 1.29 is 38.1 Å². The van der Waals surface area contributed by atoms with Gasteiger partial charge in [-0.2, -0.15) is 0 Å². The third kappa shape index (κ3) is 8.08. The lowest BCUT2D eigenvalue weighted by molar-refractivity contribution is -0.140. The summed E-state index contributed by atoms with van der Waals surface area (Å²) in [5, 5.41) is 0.855. The van der Waals surface area contributed by atoms with Gasteiger partial charge in [0.1, 0.15) is 23.7 Å². The molecular weight excluding hydrogens is 574 g/mol. The topological polar surface area (TPSA) is 102 Å². The van der Waals surface area contributed by atoms with E-state index in [2.05, 4.69) is 4.74 Å². The largest absolute Gasteiger partial charge is 0.497 e. The number of fused-ring (bicyclic) bond motifs is 1. The molecule has 0 atom stereocenters. The van der Waals surface area contributed by atoms with E-state index in [1.54, 1.807) is 76.4 Å². The number of benzene rings is 3. The summed E-state index contributed by atoms with van der Waals surface area (Å²) in [5.41, 5.74) is 2.05. The van der Waals surface area contributed by atoms with Crippen LogP contribution in [-0.2, 0) is 25.6 Å². The first-order valence-corrected chi connectivity index (χ1v) is 14.0. The molecule has 0 fully saturated rings. The van der Waals surface area contributed by atoms with Gasteiger partial charge >= 0.3 is 18.0 Å². The van der Waals surface area contributed by atoms with Crippen molar-refractivity contribution in [3.8, 4) is 22.6 Å². The predicted molar refractivity (Wildman–Crippen MR) is 163 cm³/mol. The third-order valence-corrected chi connectivity index (χ3v) is 6.73. The number of carbonyl (C=O) groups excluding carboxylic acids is 3. The number of methoxy groups -OCH3 is 2. The quantitative estimate of drug-likeness (QED) is 0.104. The van der Waals surface area contributed by atoms with Crippen molar-refractivity contribution in [2.45, 2.75) is 45.8 Å². The highest BCUT2D eigenvalue weighted by Crippen LogP contribution is 2.36. The van der Waals surface area contributed by atoms with Crippen LogP contribution >= 0.6 is 11.6 Å². The van der Waals surface area contributed by atoms with E-state index in [-0.39, 0.29) is 24.6 Å². The van der Waals surface area contributed by atoms with Gasteiger partial charge in [-0.05, 0) is 74.7 Å². The number of carbonyl (C=O) groups is 3. The Labute approximate surface area is 255 Å². The Hall–Kier alpha value is -4.50. The van der Waals surface area contributed by atoms with Crippen LogP contribution in [0, 0.1) is 0 Å². The van der Waals surface area contributed by atoms with Crippen molar-refractivity contribution in [3.63, 3.8) is 0 Å². The normalized spacial score (nSPS) is 11.2. The molecule has 226 valence electrons. The number of esters is 2. The Morgan fingerprint density at radius 1 is 0.907 bits per heavy atom. The molecule has 0 bridgehead atoms. The van der Waals surface area contributed by atoms with Gasteiger partial charge in [0.05, 0.1) is 36.9 Å². The molecule has 4 rings (SSSR count). The molecule has 1 heterocycles. The van der Waals surface area contributed by atoms with Crippen molar-refractivity contribution >= 4 is 40.5 Å². The average molecular weight is 608 g/mol. The number of rotatable bonds is 10. The maximum absolute atomic E-state index is 13.3. The summed E-state index contributed by atoms with van der Waals surface area (Å²) in [6, 6.07) is 17.8. The molecule has 9 nitrogen and oxygen atoms in total. The SMILES string of the molecule is COC(=O)CCCOc1ccc(-c2cc3c(C(=O)OCc4ccc(OC)cc4)cn(C(=O)OC(C)(C)C)c3cc2Cl)cc1.